The van der Waals surface area contributed by atoms with Gasteiger partial charge in [0.2, 0.25) is 6.79 Å². The van der Waals surface area contributed by atoms with Gasteiger partial charge >= 0.3 is 0 Å². The van der Waals surface area contributed by atoms with Gasteiger partial charge in [0.15, 0.2) is 17.1 Å². The second-order valence-electron chi connectivity index (χ2n) is 6.48. The number of halogens is 2. The molecule has 1 aliphatic heterocycles. The Bertz CT molecular complexity index is 1040. The minimum absolute atomic E-state index is 0. The Morgan fingerprint density at radius 1 is 1.21 bits per heavy atom. The second-order valence-corrected chi connectivity index (χ2v) is 6.48. The molecule has 0 bridgehead atoms. The van der Waals surface area contributed by atoms with Gasteiger partial charge in [-0.25, -0.2) is 9.67 Å². The molecule has 8 nitrogen and oxygen atoms in total. The van der Waals surface area contributed by atoms with E-state index in [9.17, 15) is 4.79 Å². The van der Waals surface area contributed by atoms with Crippen LogP contribution in [0.5, 0.6) is 11.5 Å². The molecule has 0 fully saturated rings. The number of benzene rings is 1. The molecule has 3 N–H and O–H groups in total. The molecule has 0 saturated heterocycles. The summed E-state index contributed by atoms with van der Waals surface area (Å²) in [5, 5.41) is 7.91. The number of amides is 1. The number of carbonyl (C=O) groups excluding carboxylic acids is 1. The Balaban J connectivity index is 0.00000140. The molecule has 28 heavy (non-hydrogen) atoms. The molecule has 0 unspecified atom stereocenters. The lowest BCUT2D eigenvalue weighted by Crippen LogP contribution is -2.14. The molecule has 0 atom stereocenters. The van der Waals surface area contributed by atoms with E-state index in [1.807, 2.05) is 20.8 Å². The number of aryl methyl sites for hydroxylation is 1. The SMILES string of the molecule is Cc1cc(C(=O)Nc2cc3c(cc2N)OCO3)c2cnn(C(C)C)c2n1.Cl.Cl. The van der Waals surface area contributed by atoms with E-state index in [0.717, 1.165) is 5.69 Å². The van der Waals surface area contributed by atoms with Gasteiger partial charge in [-0.3, -0.25) is 4.79 Å². The van der Waals surface area contributed by atoms with Crippen LogP contribution in [0.2, 0.25) is 0 Å². The molecule has 0 saturated carbocycles. The van der Waals surface area contributed by atoms with Crippen molar-refractivity contribution in [2.24, 2.45) is 0 Å². The quantitative estimate of drug-likeness (QED) is 0.619. The van der Waals surface area contributed by atoms with Crippen molar-refractivity contribution in [2.45, 2.75) is 26.8 Å². The fourth-order valence-corrected chi connectivity index (χ4v) is 2.96. The van der Waals surface area contributed by atoms with Crippen LogP contribution in [-0.4, -0.2) is 27.5 Å². The van der Waals surface area contributed by atoms with E-state index < -0.39 is 0 Å². The van der Waals surface area contributed by atoms with Crippen molar-refractivity contribution in [2.75, 3.05) is 17.8 Å². The summed E-state index contributed by atoms with van der Waals surface area (Å²) in [6.45, 7) is 6.03. The molecule has 3 heterocycles. The van der Waals surface area contributed by atoms with E-state index in [-0.39, 0.29) is 43.6 Å². The maximum absolute atomic E-state index is 12.9. The van der Waals surface area contributed by atoms with Gasteiger partial charge in [-0.2, -0.15) is 5.10 Å². The molecule has 1 aromatic carbocycles. The van der Waals surface area contributed by atoms with Crippen LogP contribution < -0.4 is 20.5 Å². The first-order chi connectivity index (χ1) is 12.4. The number of nitrogens with zero attached hydrogens (tertiary/aromatic N) is 3. The molecule has 0 spiro atoms. The summed E-state index contributed by atoms with van der Waals surface area (Å²) >= 11 is 0. The zero-order chi connectivity index (χ0) is 18.4. The van der Waals surface area contributed by atoms with Gasteiger partial charge in [0.25, 0.3) is 5.91 Å². The van der Waals surface area contributed by atoms with Gasteiger partial charge in [-0.05, 0) is 26.8 Å². The Labute approximate surface area is 174 Å². The molecular weight excluding hydrogens is 405 g/mol. The van der Waals surface area contributed by atoms with Crippen molar-refractivity contribution in [3.8, 4) is 11.5 Å². The summed E-state index contributed by atoms with van der Waals surface area (Å²) in [6, 6.07) is 5.19. The number of ether oxygens (including phenoxy) is 2. The van der Waals surface area contributed by atoms with Crippen LogP contribution in [0.25, 0.3) is 11.0 Å². The summed E-state index contributed by atoms with van der Waals surface area (Å²) in [7, 11) is 0. The number of aromatic nitrogens is 3. The molecule has 2 aromatic heterocycles. The van der Waals surface area contributed by atoms with Crippen LogP contribution in [-0.2, 0) is 0 Å². The monoisotopic (exact) mass is 425 g/mol. The largest absolute Gasteiger partial charge is 0.454 e. The predicted molar refractivity (Wildman–Crippen MR) is 112 cm³/mol. The van der Waals surface area contributed by atoms with Crippen LogP contribution in [0, 0.1) is 6.92 Å². The highest BCUT2D eigenvalue weighted by molar-refractivity contribution is 6.13. The normalized spacial score (nSPS) is 11.9. The summed E-state index contributed by atoms with van der Waals surface area (Å²) in [5.74, 6) is 0.841. The lowest BCUT2D eigenvalue weighted by molar-refractivity contribution is 0.102. The minimum Gasteiger partial charge on any atom is -0.454 e. The fourth-order valence-electron chi connectivity index (χ4n) is 2.96. The van der Waals surface area contributed by atoms with Gasteiger partial charge in [-0.1, -0.05) is 0 Å². The van der Waals surface area contributed by atoms with Crippen molar-refractivity contribution in [3.63, 3.8) is 0 Å². The van der Waals surface area contributed by atoms with Crippen molar-refractivity contribution in [1.82, 2.24) is 14.8 Å². The molecule has 1 aliphatic rings. The number of nitrogens with one attached hydrogen (secondary N) is 1. The Morgan fingerprint density at radius 3 is 2.57 bits per heavy atom. The number of rotatable bonds is 3. The number of carbonyl (C=O) groups is 1. The summed E-state index contributed by atoms with van der Waals surface area (Å²) < 4.78 is 12.4. The van der Waals surface area contributed by atoms with Gasteiger partial charge in [0.05, 0.1) is 28.5 Å². The van der Waals surface area contributed by atoms with Crippen LogP contribution in [0.3, 0.4) is 0 Å². The van der Waals surface area contributed by atoms with Gasteiger partial charge in [-0.15, -0.1) is 24.8 Å². The van der Waals surface area contributed by atoms with Gasteiger partial charge in [0.1, 0.15) is 0 Å². The molecule has 10 heteroatoms. The maximum Gasteiger partial charge on any atom is 0.256 e. The first-order valence-corrected chi connectivity index (χ1v) is 8.29. The summed E-state index contributed by atoms with van der Waals surface area (Å²) in [5.41, 5.74) is 8.82. The van der Waals surface area contributed by atoms with Gasteiger partial charge in [0, 0.05) is 23.9 Å². The molecule has 0 aliphatic carbocycles. The van der Waals surface area contributed by atoms with Crippen molar-refractivity contribution in [1.29, 1.82) is 0 Å². The average molecular weight is 426 g/mol. The number of nitrogens with two attached hydrogens (primary N) is 1. The van der Waals surface area contributed by atoms with E-state index in [4.69, 9.17) is 15.2 Å². The van der Waals surface area contributed by atoms with Crippen LogP contribution in [0.1, 0.15) is 35.9 Å². The lowest BCUT2D eigenvalue weighted by Gasteiger charge is -2.11. The number of pyridine rings is 1. The number of nitrogen functional groups attached to an aromatic ring is 1. The molecule has 3 aromatic rings. The maximum atomic E-state index is 12.9. The Kier molecular flexibility index (Phi) is 6.26. The average Bonchev–Trinajstić information content (AvgIpc) is 3.20. The molecule has 1 amide bonds. The fraction of sp³-hybridized carbons (Fsp3) is 0.278. The van der Waals surface area contributed by atoms with Gasteiger partial charge < -0.3 is 20.5 Å². The van der Waals surface area contributed by atoms with Crippen LogP contribution in [0.15, 0.2) is 24.4 Å². The third kappa shape index (κ3) is 3.65. The van der Waals surface area contributed by atoms with E-state index in [1.165, 1.54) is 0 Å². The molecule has 0 radical (unpaired) electrons. The standard InChI is InChI=1S/C18H19N5O3.2ClH/c1-9(2)23-17-12(7-20-23)11(4-10(3)21-17)18(24)22-14-6-16-15(5-13(14)19)25-8-26-16;;/h4-7,9H,8,19H2,1-3H3,(H,22,24);2*1H. The Hall–Kier alpha value is -2.71. The number of anilines is 2. The minimum atomic E-state index is -0.283. The third-order valence-corrected chi connectivity index (χ3v) is 4.22. The van der Waals surface area contributed by atoms with Crippen molar-refractivity contribution < 1.29 is 14.3 Å². The highest BCUT2D eigenvalue weighted by atomic mass is 35.5. The van der Waals surface area contributed by atoms with Crippen LogP contribution >= 0.6 is 24.8 Å². The highest BCUT2D eigenvalue weighted by Crippen LogP contribution is 2.38. The Morgan fingerprint density at radius 2 is 1.89 bits per heavy atom. The van der Waals surface area contributed by atoms with Crippen molar-refractivity contribution >= 4 is 53.1 Å². The van der Waals surface area contributed by atoms with E-state index in [1.54, 1.807) is 29.1 Å². The van der Waals surface area contributed by atoms with E-state index in [0.29, 0.717) is 39.5 Å². The summed E-state index contributed by atoms with van der Waals surface area (Å²) in [6.07, 6.45) is 1.67. The number of hydrogen-bond acceptors (Lipinski definition) is 6. The first-order valence-electron chi connectivity index (χ1n) is 8.29. The molecule has 4 rings (SSSR count). The van der Waals surface area contributed by atoms with E-state index in [2.05, 4.69) is 15.4 Å². The topological polar surface area (TPSA) is 104 Å². The molecular formula is C18H21Cl2N5O3. The third-order valence-electron chi connectivity index (χ3n) is 4.22. The van der Waals surface area contributed by atoms with E-state index >= 15 is 0 Å². The zero-order valence-electron chi connectivity index (χ0n) is 15.6. The number of fused-ring (bicyclic) bond motifs is 2. The predicted octanol–water partition coefficient (Wildman–Crippen LogP) is 3.73. The lowest BCUT2D eigenvalue weighted by atomic mass is 10.1. The zero-order valence-corrected chi connectivity index (χ0v) is 17.2. The second kappa shape index (κ2) is 8.12. The highest BCUT2D eigenvalue weighted by Gasteiger charge is 2.20. The smallest absolute Gasteiger partial charge is 0.256 e. The summed E-state index contributed by atoms with van der Waals surface area (Å²) in [4.78, 5) is 17.4. The molecule has 150 valence electrons. The first kappa shape index (κ1) is 21.6. The van der Waals surface area contributed by atoms with Crippen LogP contribution in [0.4, 0.5) is 11.4 Å². The number of hydrogen-bond donors (Lipinski definition) is 2. The van der Waals surface area contributed by atoms with Crippen molar-refractivity contribution in [3.05, 3.63) is 35.7 Å².